The van der Waals surface area contributed by atoms with Gasteiger partial charge in [-0.05, 0) is 23.8 Å². The van der Waals surface area contributed by atoms with E-state index in [-0.39, 0.29) is 5.16 Å². The number of rotatable bonds is 4. The van der Waals surface area contributed by atoms with Gasteiger partial charge in [0.05, 0.1) is 5.25 Å². The molecule has 0 saturated heterocycles. The molecule has 1 atom stereocenters. The Labute approximate surface area is 87.2 Å². The Balaban J connectivity index is 3.03. The molecule has 0 amide bonds. The number of alkyl halides is 1. The highest BCUT2D eigenvalue weighted by atomic mass is 35.5. The second kappa shape index (κ2) is 4.22. The first kappa shape index (κ1) is 11.4. The summed E-state index contributed by atoms with van der Waals surface area (Å²) in [6.45, 7) is 1.59. The molecule has 0 saturated carbocycles. The number of sulfone groups is 1. The summed E-state index contributed by atoms with van der Waals surface area (Å²) in [5, 5.41) is 9.53. The van der Waals surface area contributed by atoms with Gasteiger partial charge in [-0.25, -0.2) is 13.1 Å². The molecule has 0 spiro atoms. The topological polar surface area (TPSA) is 77.7 Å². The molecule has 0 radical (unpaired) electrons. The minimum absolute atomic E-state index is 0.116. The Bertz CT molecular complexity index is 402. The molecule has 1 unspecified atom stereocenters. The van der Waals surface area contributed by atoms with Crippen LogP contribution in [0.3, 0.4) is 0 Å². The van der Waals surface area contributed by atoms with Crippen molar-refractivity contribution in [2.75, 3.05) is 5.88 Å². The Kier molecular flexibility index (Phi) is 3.43. The summed E-state index contributed by atoms with van der Waals surface area (Å²) < 4.78 is 24.7. The summed E-state index contributed by atoms with van der Waals surface area (Å²) in [5.74, 6) is 0.297. The smallest absolute Gasteiger partial charge is 0.220 e. The highest BCUT2D eigenvalue weighted by Gasteiger charge is 2.27. The highest BCUT2D eigenvalue weighted by molar-refractivity contribution is 7.91. The molecule has 1 aromatic rings. The number of nitrogens with zero attached hydrogens (tertiary/aromatic N) is 4. The van der Waals surface area contributed by atoms with Gasteiger partial charge in [0, 0.05) is 12.9 Å². The minimum atomic E-state index is -3.45. The van der Waals surface area contributed by atoms with Crippen molar-refractivity contribution in [1.29, 1.82) is 0 Å². The Morgan fingerprint density at radius 3 is 2.64 bits per heavy atom. The van der Waals surface area contributed by atoms with Gasteiger partial charge in [0.25, 0.3) is 5.16 Å². The maximum atomic E-state index is 11.8. The predicted molar refractivity (Wildman–Crippen MR) is 50.8 cm³/mol. The van der Waals surface area contributed by atoms with Crippen molar-refractivity contribution in [3.63, 3.8) is 0 Å². The first-order valence-corrected chi connectivity index (χ1v) is 6.10. The lowest BCUT2D eigenvalue weighted by Crippen LogP contribution is -2.22. The molecule has 1 heterocycles. The lowest BCUT2D eigenvalue weighted by Gasteiger charge is -2.08. The number of hydrogen-bond acceptors (Lipinski definition) is 5. The average molecular weight is 239 g/mol. The van der Waals surface area contributed by atoms with E-state index in [1.54, 1.807) is 6.92 Å². The van der Waals surface area contributed by atoms with E-state index < -0.39 is 15.1 Å². The molecule has 0 bridgehead atoms. The lowest BCUT2D eigenvalue weighted by atomic mass is 10.4. The first-order chi connectivity index (χ1) is 6.50. The largest absolute Gasteiger partial charge is 0.267 e. The van der Waals surface area contributed by atoms with Crippen molar-refractivity contribution >= 4 is 21.4 Å². The van der Waals surface area contributed by atoms with Crippen molar-refractivity contribution in [3.8, 4) is 0 Å². The monoisotopic (exact) mass is 238 g/mol. The zero-order valence-electron chi connectivity index (χ0n) is 7.88. The molecule has 0 fully saturated rings. The van der Waals surface area contributed by atoms with Crippen LogP contribution in [0.25, 0.3) is 0 Å². The van der Waals surface area contributed by atoms with E-state index in [2.05, 4.69) is 15.5 Å². The van der Waals surface area contributed by atoms with Crippen LogP contribution in [0.1, 0.15) is 13.3 Å². The number of aromatic nitrogens is 4. The van der Waals surface area contributed by atoms with Crippen LogP contribution in [-0.4, -0.2) is 39.8 Å². The minimum Gasteiger partial charge on any atom is -0.220 e. The molecule has 0 aliphatic heterocycles. The summed E-state index contributed by atoms with van der Waals surface area (Å²) in [5.41, 5.74) is 0. The summed E-state index contributed by atoms with van der Waals surface area (Å²) in [6, 6.07) is 0. The molecule has 1 rings (SSSR count). The lowest BCUT2D eigenvalue weighted by molar-refractivity contribution is 0.555. The van der Waals surface area contributed by atoms with Crippen LogP contribution in [0, 0.1) is 0 Å². The molecule has 6 nitrogen and oxygen atoms in total. The van der Waals surface area contributed by atoms with Gasteiger partial charge in [0.2, 0.25) is 9.84 Å². The highest BCUT2D eigenvalue weighted by Crippen LogP contribution is 2.14. The van der Waals surface area contributed by atoms with E-state index >= 15 is 0 Å². The Morgan fingerprint density at radius 1 is 1.57 bits per heavy atom. The van der Waals surface area contributed by atoms with E-state index in [1.807, 2.05) is 0 Å². The van der Waals surface area contributed by atoms with Gasteiger partial charge in [-0.15, -0.1) is 11.6 Å². The van der Waals surface area contributed by atoms with Gasteiger partial charge in [0.15, 0.2) is 0 Å². The molecule has 80 valence electrons. The molecule has 14 heavy (non-hydrogen) atoms. The third-order valence-corrected chi connectivity index (χ3v) is 4.25. The van der Waals surface area contributed by atoms with E-state index in [1.165, 1.54) is 7.05 Å². The van der Waals surface area contributed by atoms with Gasteiger partial charge in [-0.2, -0.15) is 0 Å². The van der Waals surface area contributed by atoms with Gasteiger partial charge in [0.1, 0.15) is 0 Å². The van der Waals surface area contributed by atoms with Crippen molar-refractivity contribution in [2.24, 2.45) is 7.05 Å². The van der Waals surface area contributed by atoms with Crippen molar-refractivity contribution < 1.29 is 8.42 Å². The van der Waals surface area contributed by atoms with E-state index in [4.69, 9.17) is 11.6 Å². The third-order valence-electron chi connectivity index (χ3n) is 1.88. The predicted octanol–water partition coefficient (Wildman–Crippen LogP) is 0.00120. The first-order valence-electron chi connectivity index (χ1n) is 4.02. The summed E-state index contributed by atoms with van der Waals surface area (Å²) >= 11 is 5.48. The van der Waals surface area contributed by atoms with Gasteiger partial charge in [-0.1, -0.05) is 5.10 Å². The summed E-state index contributed by atoms with van der Waals surface area (Å²) in [6.07, 6.45) is 0.386. The molecule has 1 aromatic heterocycles. The summed E-state index contributed by atoms with van der Waals surface area (Å²) in [7, 11) is -1.96. The van der Waals surface area contributed by atoms with Gasteiger partial charge in [-0.3, -0.25) is 0 Å². The van der Waals surface area contributed by atoms with E-state index in [0.717, 1.165) is 4.68 Å². The molecular weight excluding hydrogens is 228 g/mol. The third kappa shape index (κ3) is 2.03. The van der Waals surface area contributed by atoms with Crippen LogP contribution < -0.4 is 0 Å². The van der Waals surface area contributed by atoms with E-state index in [9.17, 15) is 8.42 Å². The van der Waals surface area contributed by atoms with Crippen LogP contribution in [0.15, 0.2) is 5.16 Å². The van der Waals surface area contributed by atoms with Crippen LogP contribution in [0.2, 0.25) is 0 Å². The molecule has 0 aliphatic carbocycles. The molecule has 0 aliphatic rings. The number of tetrazole rings is 1. The van der Waals surface area contributed by atoms with Crippen molar-refractivity contribution in [3.05, 3.63) is 0 Å². The fourth-order valence-corrected chi connectivity index (χ4v) is 2.75. The normalized spacial score (nSPS) is 14.2. The Morgan fingerprint density at radius 2 is 2.21 bits per heavy atom. The standard InChI is InChI=1S/C6H11ClN4O2S/c1-5(3-4-7)14(12,13)6-8-9-10-11(6)2/h5H,3-4H2,1-2H3. The SMILES string of the molecule is CC(CCCl)S(=O)(=O)c1nnnn1C. The molecular formula is C6H11ClN4O2S. The summed E-state index contributed by atoms with van der Waals surface area (Å²) in [4.78, 5) is 0. The fraction of sp³-hybridized carbons (Fsp3) is 0.833. The quantitative estimate of drug-likeness (QED) is 0.690. The zero-order valence-corrected chi connectivity index (χ0v) is 9.46. The van der Waals surface area contributed by atoms with Crippen molar-refractivity contribution in [1.82, 2.24) is 20.2 Å². The average Bonchev–Trinajstić information content (AvgIpc) is 2.52. The van der Waals surface area contributed by atoms with E-state index in [0.29, 0.717) is 12.3 Å². The van der Waals surface area contributed by atoms with Crippen LogP contribution in [0.4, 0.5) is 0 Å². The van der Waals surface area contributed by atoms with Gasteiger partial charge < -0.3 is 0 Å². The second-order valence-electron chi connectivity index (χ2n) is 2.92. The second-order valence-corrected chi connectivity index (χ2v) is 5.56. The number of aryl methyl sites for hydroxylation is 1. The maximum Gasteiger partial charge on any atom is 0.267 e. The van der Waals surface area contributed by atoms with Crippen LogP contribution in [-0.2, 0) is 16.9 Å². The van der Waals surface area contributed by atoms with Crippen LogP contribution in [0.5, 0.6) is 0 Å². The fourth-order valence-electron chi connectivity index (χ4n) is 0.951. The molecule has 8 heteroatoms. The number of halogens is 1. The maximum absolute atomic E-state index is 11.8. The Hall–Kier alpha value is -0.690. The zero-order chi connectivity index (χ0) is 10.8. The molecule has 0 N–H and O–H groups in total. The molecule has 0 aromatic carbocycles. The van der Waals surface area contributed by atoms with Crippen LogP contribution >= 0.6 is 11.6 Å². The number of hydrogen-bond donors (Lipinski definition) is 0. The van der Waals surface area contributed by atoms with Gasteiger partial charge >= 0.3 is 0 Å². The van der Waals surface area contributed by atoms with Crippen molar-refractivity contribution in [2.45, 2.75) is 23.8 Å².